The summed E-state index contributed by atoms with van der Waals surface area (Å²) in [5.41, 5.74) is 0.613. The minimum absolute atomic E-state index is 0.111. The second-order valence-electron chi connectivity index (χ2n) is 5.96. The van der Waals surface area contributed by atoms with Crippen LogP contribution in [-0.4, -0.2) is 25.7 Å². The molecule has 0 saturated heterocycles. The second kappa shape index (κ2) is 10.3. The Labute approximate surface area is 158 Å². The molecule has 0 saturated carbocycles. The average molecular weight is 374 g/mol. The van der Waals surface area contributed by atoms with Crippen molar-refractivity contribution < 1.29 is 28.2 Å². The molecule has 0 aliphatic rings. The van der Waals surface area contributed by atoms with Crippen molar-refractivity contribution in [2.45, 2.75) is 32.6 Å². The summed E-state index contributed by atoms with van der Waals surface area (Å²) in [5.74, 6) is -1.33. The monoisotopic (exact) mass is 374 g/mol. The zero-order valence-electron chi connectivity index (χ0n) is 15.5. The summed E-state index contributed by atoms with van der Waals surface area (Å²) in [6, 6.07) is 9.58. The summed E-state index contributed by atoms with van der Waals surface area (Å²) in [5, 5.41) is 0. The van der Waals surface area contributed by atoms with Crippen LogP contribution < -0.4 is 9.47 Å². The van der Waals surface area contributed by atoms with Crippen molar-refractivity contribution in [1.82, 2.24) is 0 Å². The van der Waals surface area contributed by atoms with Crippen molar-refractivity contribution in [2.24, 2.45) is 0 Å². The van der Waals surface area contributed by atoms with Gasteiger partial charge in [-0.1, -0.05) is 26.2 Å². The molecule has 0 bridgehead atoms. The third-order valence-corrected chi connectivity index (χ3v) is 3.92. The summed E-state index contributed by atoms with van der Waals surface area (Å²) in [4.78, 5) is 24.2. The molecule has 0 unspecified atom stereocenters. The first-order valence-corrected chi connectivity index (χ1v) is 8.88. The highest BCUT2D eigenvalue weighted by molar-refractivity contribution is 5.94. The van der Waals surface area contributed by atoms with E-state index in [1.165, 1.54) is 43.5 Å². The molecule has 144 valence electrons. The highest BCUT2D eigenvalue weighted by Crippen LogP contribution is 2.28. The van der Waals surface area contributed by atoms with Crippen molar-refractivity contribution in [3.05, 3.63) is 59.4 Å². The third kappa shape index (κ3) is 6.09. The molecule has 0 aliphatic carbocycles. The summed E-state index contributed by atoms with van der Waals surface area (Å²) >= 11 is 0. The largest absolute Gasteiger partial charge is 0.493 e. The van der Waals surface area contributed by atoms with Gasteiger partial charge in [-0.15, -0.1) is 0 Å². The van der Waals surface area contributed by atoms with E-state index in [-0.39, 0.29) is 17.1 Å². The molecule has 0 atom stereocenters. The van der Waals surface area contributed by atoms with Crippen LogP contribution in [0.1, 0.15) is 53.3 Å². The Morgan fingerprint density at radius 3 is 2.19 bits per heavy atom. The number of hydrogen-bond acceptors (Lipinski definition) is 5. The van der Waals surface area contributed by atoms with Gasteiger partial charge >= 0.3 is 11.9 Å². The maximum atomic E-state index is 13.2. The molecule has 5 nitrogen and oxygen atoms in total. The smallest absolute Gasteiger partial charge is 0.343 e. The van der Waals surface area contributed by atoms with Crippen LogP contribution in [0.25, 0.3) is 0 Å². The Morgan fingerprint density at radius 1 is 0.889 bits per heavy atom. The lowest BCUT2D eigenvalue weighted by molar-refractivity contribution is 0.0497. The van der Waals surface area contributed by atoms with Gasteiger partial charge in [-0.2, -0.15) is 0 Å². The number of methoxy groups -OCH3 is 1. The van der Waals surface area contributed by atoms with E-state index >= 15 is 0 Å². The molecular formula is C21H23FO5. The predicted molar refractivity (Wildman–Crippen MR) is 98.8 cm³/mol. The standard InChI is InChI=1S/C21H23FO5/c1-3-4-5-6-13-26-20(23)15-7-9-16(10-8-15)21(24)27-18-12-11-17(22)14-19(18)25-2/h7-12,14H,3-6,13H2,1-2H3. The fraction of sp³-hybridized carbons (Fsp3) is 0.333. The number of carbonyl (C=O) groups is 2. The maximum absolute atomic E-state index is 13.2. The Kier molecular flexibility index (Phi) is 7.79. The summed E-state index contributed by atoms with van der Waals surface area (Å²) in [6.45, 7) is 2.50. The lowest BCUT2D eigenvalue weighted by Gasteiger charge is -2.09. The molecule has 27 heavy (non-hydrogen) atoms. The van der Waals surface area contributed by atoms with E-state index in [0.717, 1.165) is 31.7 Å². The van der Waals surface area contributed by atoms with E-state index in [9.17, 15) is 14.0 Å². The van der Waals surface area contributed by atoms with Crippen molar-refractivity contribution in [2.75, 3.05) is 13.7 Å². The molecule has 0 aliphatic heterocycles. The Bertz CT molecular complexity index is 771. The second-order valence-corrected chi connectivity index (χ2v) is 5.96. The maximum Gasteiger partial charge on any atom is 0.343 e. The Morgan fingerprint density at radius 2 is 1.56 bits per heavy atom. The summed E-state index contributed by atoms with van der Waals surface area (Å²) in [6.07, 6.45) is 4.10. The van der Waals surface area contributed by atoms with Crippen LogP contribution in [0.5, 0.6) is 11.5 Å². The van der Waals surface area contributed by atoms with E-state index in [4.69, 9.17) is 14.2 Å². The molecule has 0 aromatic heterocycles. The average Bonchev–Trinajstić information content (AvgIpc) is 2.69. The van der Waals surface area contributed by atoms with Crippen LogP contribution >= 0.6 is 0 Å². The van der Waals surface area contributed by atoms with Crippen LogP contribution in [0.3, 0.4) is 0 Å². The van der Waals surface area contributed by atoms with Crippen LogP contribution in [0.4, 0.5) is 4.39 Å². The molecule has 0 spiro atoms. The van der Waals surface area contributed by atoms with Gasteiger partial charge in [0.15, 0.2) is 11.5 Å². The number of halogens is 1. The first kappa shape index (κ1) is 20.4. The quantitative estimate of drug-likeness (QED) is 0.359. The lowest BCUT2D eigenvalue weighted by atomic mass is 10.1. The molecule has 6 heteroatoms. The van der Waals surface area contributed by atoms with Gasteiger partial charge in [0.2, 0.25) is 0 Å². The lowest BCUT2D eigenvalue weighted by Crippen LogP contribution is -2.11. The van der Waals surface area contributed by atoms with Gasteiger partial charge in [-0.25, -0.2) is 14.0 Å². The van der Waals surface area contributed by atoms with E-state index in [2.05, 4.69) is 6.92 Å². The van der Waals surface area contributed by atoms with Gasteiger partial charge < -0.3 is 14.2 Å². The van der Waals surface area contributed by atoms with Crippen LogP contribution in [0, 0.1) is 5.82 Å². The Balaban J connectivity index is 1.94. The minimum atomic E-state index is -0.639. The molecule has 0 radical (unpaired) electrons. The Hall–Kier alpha value is -2.89. The fourth-order valence-electron chi connectivity index (χ4n) is 2.40. The minimum Gasteiger partial charge on any atom is -0.493 e. The molecular weight excluding hydrogens is 351 g/mol. The number of hydrogen-bond donors (Lipinski definition) is 0. The van der Waals surface area contributed by atoms with Crippen molar-refractivity contribution >= 4 is 11.9 Å². The van der Waals surface area contributed by atoms with Gasteiger partial charge in [-0.3, -0.25) is 0 Å². The van der Waals surface area contributed by atoms with Crippen molar-refractivity contribution in [1.29, 1.82) is 0 Å². The molecule has 2 aromatic rings. The highest BCUT2D eigenvalue weighted by atomic mass is 19.1. The van der Waals surface area contributed by atoms with E-state index in [0.29, 0.717) is 12.2 Å². The zero-order valence-corrected chi connectivity index (χ0v) is 15.5. The van der Waals surface area contributed by atoms with Crippen LogP contribution in [0.2, 0.25) is 0 Å². The number of unbranched alkanes of at least 4 members (excludes halogenated alkanes) is 3. The van der Waals surface area contributed by atoms with Gasteiger partial charge in [0.05, 0.1) is 24.8 Å². The van der Waals surface area contributed by atoms with Gasteiger partial charge in [0, 0.05) is 6.07 Å². The first-order valence-electron chi connectivity index (χ1n) is 8.88. The van der Waals surface area contributed by atoms with E-state index in [1.54, 1.807) is 0 Å². The van der Waals surface area contributed by atoms with Gasteiger partial charge in [0.25, 0.3) is 0 Å². The predicted octanol–water partition coefficient (Wildman–Crippen LogP) is 4.79. The van der Waals surface area contributed by atoms with Crippen molar-refractivity contribution in [3.8, 4) is 11.5 Å². The molecule has 2 aromatic carbocycles. The highest BCUT2D eigenvalue weighted by Gasteiger charge is 2.14. The summed E-state index contributed by atoms with van der Waals surface area (Å²) in [7, 11) is 1.36. The first-order chi connectivity index (χ1) is 13.0. The van der Waals surface area contributed by atoms with Gasteiger partial charge in [0.1, 0.15) is 5.82 Å². The number of ether oxygens (including phenoxy) is 3. The summed E-state index contributed by atoms with van der Waals surface area (Å²) < 4.78 is 28.6. The van der Waals surface area contributed by atoms with Crippen molar-refractivity contribution in [3.63, 3.8) is 0 Å². The zero-order chi connectivity index (χ0) is 19.6. The fourth-order valence-corrected chi connectivity index (χ4v) is 2.40. The van der Waals surface area contributed by atoms with E-state index in [1.807, 2.05) is 0 Å². The molecule has 0 heterocycles. The van der Waals surface area contributed by atoms with Gasteiger partial charge in [-0.05, 0) is 42.8 Å². The van der Waals surface area contributed by atoms with Crippen LogP contribution in [-0.2, 0) is 4.74 Å². The topological polar surface area (TPSA) is 61.8 Å². The SMILES string of the molecule is CCCCCCOC(=O)c1ccc(C(=O)Oc2ccc(F)cc2OC)cc1. The number of benzene rings is 2. The third-order valence-electron chi connectivity index (χ3n) is 3.92. The number of esters is 2. The molecule has 2 rings (SSSR count). The number of carbonyl (C=O) groups excluding carboxylic acids is 2. The molecule has 0 fully saturated rings. The van der Waals surface area contributed by atoms with E-state index < -0.39 is 17.8 Å². The van der Waals surface area contributed by atoms with Crippen LogP contribution in [0.15, 0.2) is 42.5 Å². The number of rotatable bonds is 9. The molecule has 0 N–H and O–H groups in total. The normalized spacial score (nSPS) is 10.3. The molecule has 0 amide bonds.